The number of amides is 1. The minimum atomic E-state index is -0.784. The van der Waals surface area contributed by atoms with Gasteiger partial charge in [-0.05, 0) is 57.4 Å². The topological polar surface area (TPSA) is 47.6 Å². The zero-order chi connectivity index (χ0) is 17.3. The van der Waals surface area contributed by atoms with Crippen LogP contribution in [-0.2, 0) is 9.53 Å². The van der Waals surface area contributed by atoms with Crippen molar-refractivity contribution in [1.82, 2.24) is 0 Å². The highest BCUT2D eigenvalue weighted by atomic mass is 16.5. The molecule has 4 heteroatoms. The summed E-state index contributed by atoms with van der Waals surface area (Å²) in [5.41, 5.74) is 1.01. The molecule has 1 rings (SSSR count). The summed E-state index contributed by atoms with van der Waals surface area (Å²) in [4.78, 5) is 12.6. The number of unbranched alkanes of at least 4 members (excludes halogenated alkanes) is 1. The second-order valence-electron chi connectivity index (χ2n) is 6.05. The molecule has 1 unspecified atom stereocenters. The molecule has 0 heterocycles. The normalized spacial score (nSPS) is 13.4. The molecule has 0 aliphatic rings. The molecular weight excluding hydrogens is 290 g/mol. The van der Waals surface area contributed by atoms with Gasteiger partial charge in [-0.25, -0.2) is 0 Å². The summed E-state index contributed by atoms with van der Waals surface area (Å²) in [7, 11) is 0. The number of carbonyl (C=O) groups is 1. The van der Waals surface area contributed by atoms with Gasteiger partial charge in [-0.1, -0.05) is 26.7 Å². The molecule has 0 radical (unpaired) electrons. The van der Waals surface area contributed by atoms with E-state index < -0.39 is 5.60 Å². The SMILES string of the molecule is CCCCOc1ccc(NC(=O)C(C)(CCC)OCC)cc1C. The maximum atomic E-state index is 12.6. The number of carbonyl (C=O) groups excluding carboxylic acids is 1. The van der Waals surface area contributed by atoms with Crippen molar-refractivity contribution in [2.75, 3.05) is 18.5 Å². The van der Waals surface area contributed by atoms with Gasteiger partial charge >= 0.3 is 0 Å². The number of hydrogen-bond acceptors (Lipinski definition) is 3. The van der Waals surface area contributed by atoms with Crippen LogP contribution in [-0.4, -0.2) is 24.7 Å². The molecule has 1 N–H and O–H groups in total. The largest absolute Gasteiger partial charge is 0.493 e. The molecule has 23 heavy (non-hydrogen) atoms. The molecule has 0 saturated carbocycles. The van der Waals surface area contributed by atoms with Crippen molar-refractivity contribution in [2.24, 2.45) is 0 Å². The summed E-state index contributed by atoms with van der Waals surface area (Å²) >= 11 is 0. The molecule has 1 aromatic rings. The number of rotatable bonds is 10. The van der Waals surface area contributed by atoms with E-state index in [4.69, 9.17) is 9.47 Å². The van der Waals surface area contributed by atoms with Crippen LogP contribution in [0.4, 0.5) is 5.69 Å². The lowest BCUT2D eigenvalue weighted by atomic mass is 9.99. The first-order valence-electron chi connectivity index (χ1n) is 8.65. The molecule has 0 spiro atoms. The molecule has 0 bridgehead atoms. The van der Waals surface area contributed by atoms with E-state index in [1.807, 2.05) is 39.0 Å². The average Bonchev–Trinajstić information content (AvgIpc) is 2.50. The van der Waals surface area contributed by atoms with Gasteiger partial charge in [0.15, 0.2) is 0 Å². The Kier molecular flexibility index (Phi) is 8.10. The molecule has 0 aromatic heterocycles. The van der Waals surface area contributed by atoms with Crippen LogP contribution in [0.3, 0.4) is 0 Å². The molecule has 0 aliphatic heterocycles. The van der Waals surface area contributed by atoms with Crippen LogP contribution in [0.5, 0.6) is 5.75 Å². The van der Waals surface area contributed by atoms with Crippen molar-refractivity contribution < 1.29 is 14.3 Å². The van der Waals surface area contributed by atoms with Crippen LogP contribution in [0.2, 0.25) is 0 Å². The zero-order valence-electron chi connectivity index (χ0n) is 15.2. The first-order chi connectivity index (χ1) is 11.0. The number of ether oxygens (including phenoxy) is 2. The first-order valence-corrected chi connectivity index (χ1v) is 8.65. The van der Waals surface area contributed by atoms with Crippen LogP contribution in [0.25, 0.3) is 0 Å². The van der Waals surface area contributed by atoms with Crippen molar-refractivity contribution in [1.29, 1.82) is 0 Å². The molecule has 1 amide bonds. The van der Waals surface area contributed by atoms with Crippen LogP contribution < -0.4 is 10.1 Å². The van der Waals surface area contributed by atoms with Crippen molar-refractivity contribution >= 4 is 11.6 Å². The Morgan fingerprint density at radius 1 is 1.22 bits per heavy atom. The fourth-order valence-corrected chi connectivity index (χ4v) is 2.53. The monoisotopic (exact) mass is 321 g/mol. The summed E-state index contributed by atoms with van der Waals surface area (Å²) < 4.78 is 11.4. The molecule has 130 valence electrons. The van der Waals surface area contributed by atoms with Gasteiger partial charge in [-0.3, -0.25) is 4.79 Å². The number of nitrogens with one attached hydrogen (secondary N) is 1. The molecule has 0 saturated heterocycles. The van der Waals surface area contributed by atoms with Gasteiger partial charge in [0.25, 0.3) is 5.91 Å². The molecule has 1 aromatic carbocycles. The van der Waals surface area contributed by atoms with Gasteiger partial charge in [0, 0.05) is 12.3 Å². The van der Waals surface area contributed by atoms with Gasteiger partial charge < -0.3 is 14.8 Å². The van der Waals surface area contributed by atoms with Gasteiger partial charge in [0.05, 0.1) is 6.61 Å². The minimum absolute atomic E-state index is 0.0970. The van der Waals surface area contributed by atoms with Gasteiger partial charge in [0.1, 0.15) is 11.4 Å². The van der Waals surface area contributed by atoms with Gasteiger partial charge in [-0.15, -0.1) is 0 Å². The Morgan fingerprint density at radius 3 is 2.52 bits per heavy atom. The maximum absolute atomic E-state index is 12.6. The first kappa shape index (κ1) is 19.5. The quantitative estimate of drug-likeness (QED) is 0.635. The minimum Gasteiger partial charge on any atom is -0.493 e. The Morgan fingerprint density at radius 2 is 1.96 bits per heavy atom. The summed E-state index contributed by atoms with van der Waals surface area (Å²) in [5, 5.41) is 2.97. The summed E-state index contributed by atoms with van der Waals surface area (Å²) in [6.07, 6.45) is 3.75. The predicted molar refractivity (Wildman–Crippen MR) is 95.2 cm³/mol. The summed E-state index contributed by atoms with van der Waals surface area (Å²) in [5.74, 6) is 0.776. The van der Waals surface area contributed by atoms with Gasteiger partial charge in [-0.2, -0.15) is 0 Å². The van der Waals surface area contributed by atoms with E-state index in [2.05, 4.69) is 19.2 Å². The lowest BCUT2D eigenvalue weighted by Gasteiger charge is -2.28. The predicted octanol–water partition coefficient (Wildman–Crippen LogP) is 4.71. The fourth-order valence-electron chi connectivity index (χ4n) is 2.53. The Balaban J connectivity index is 2.76. The molecular formula is C19H31NO3. The number of hydrogen-bond donors (Lipinski definition) is 1. The van der Waals surface area contributed by atoms with Crippen molar-refractivity contribution in [3.05, 3.63) is 23.8 Å². The van der Waals surface area contributed by atoms with E-state index in [-0.39, 0.29) is 5.91 Å². The number of anilines is 1. The Labute approximate surface area is 140 Å². The number of benzene rings is 1. The van der Waals surface area contributed by atoms with E-state index in [1.165, 1.54) is 0 Å². The highest BCUT2D eigenvalue weighted by molar-refractivity contribution is 5.97. The van der Waals surface area contributed by atoms with Crippen molar-refractivity contribution in [3.8, 4) is 5.75 Å². The zero-order valence-corrected chi connectivity index (χ0v) is 15.2. The third-order valence-corrected chi connectivity index (χ3v) is 3.86. The Hall–Kier alpha value is -1.55. The van der Waals surface area contributed by atoms with E-state index in [0.29, 0.717) is 13.0 Å². The van der Waals surface area contributed by atoms with Crippen LogP contribution >= 0.6 is 0 Å². The van der Waals surface area contributed by atoms with E-state index in [1.54, 1.807) is 0 Å². The summed E-state index contributed by atoms with van der Waals surface area (Å²) in [6, 6.07) is 5.74. The summed E-state index contributed by atoms with van der Waals surface area (Å²) in [6.45, 7) is 11.2. The Bertz CT molecular complexity index is 493. The van der Waals surface area contributed by atoms with Gasteiger partial charge in [0.2, 0.25) is 0 Å². The average molecular weight is 321 g/mol. The van der Waals surface area contributed by atoms with E-state index in [9.17, 15) is 4.79 Å². The van der Waals surface area contributed by atoms with E-state index in [0.717, 1.165) is 42.9 Å². The highest BCUT2D eigenvalue weighted by Crippen LogP contribution is 2.25. The smallest absolute Gasteiger partial charge is 0.256 e. The fraction of sp³-hybridized carbons (Fsp3) is 0.632. The van der Waals surface area contributed by atoms with Crippen molar-refractivity contribution in [2.45, 2.75) is 65.9 Å². The van der Waals surface area contributed by atoms with E-state index >= 15 is 0 Å². The van der Waals surface area contributed by atoms with Crippen LogP contribution in [0.15, 0.2) is 18.2 Å². The highest BCUT2D eigenvalue weighted by Gasteiger charge is 2.32. The lowest BCUT2D eigenvalue weighted by molar-refractivity contribution is -0.139. The second kappa shape index (κ2) is 9.56. The molecule has 0 aliphatic carbocycles. The van der Waals surface area contributed by atoms with Crippen LogP contribution in [0, 0.1) is 6.92 Å². The number of aryl methyl sites for hydroxylation is 1. The molecule has 4 nitrogen and oxygen atoms in total. The third kappa shape index (κ3) is 5.87. The standard InChI is InChI=1S/C19H31NO3/c1-6-9-13-22-17-11-10-16(14-15(17)4)20-18(21)19(5,12-7-2)23-8-3/h10-11,14H,6-9,12-13H2,1-5H3,(H,20,21). The van der Waals surface area contributed by atoms with Crippen LogP contribution in [0.1, 0.15) is 58.9 Å². The molecule has 1 atom stereocenters. The second-order valence-corrected chi connectivity index (χ2v) is 6.05. The van der Waals surface area contributed by atoms with Crippen molar-refractivity contribution in [3.63, 3.8) is 0 Å². The molecule has 0 fully saturated rings. The lowest BCUT2D eigenvalue weighted by Crippen LogP contribution is -2.42. The maximum Gasteiger partial charge on any atom is 0.256 e. The third-order valence-electron chi connectivity index (χ3n) is 3.86.